The third-order valence-corrected chi connectivity index (χ3v) is 5.49. The molecule has 2 aliphatic rings. The van der Waals surface area contributed by atoms with Crippen LogP contribution in [0.15, 0.2) is 16.9 Å². The van der Waals surface area contributed by atoms with E-state index < -0.39 is 0 Å². The average molecular weight is 345 g/mol. The molecule has 1 aromatic heterocycles. The molecular formula is C19H27N3O3. The highest BCUT2D eigenvalue weighted by Gasteiger charge is 2.32. The van der Waals surface area contributed by atoms with Crippen LogP contribution >= 0.6 is 0 Å². The van der Waals surface area contributed by atoms with E-state index in [4.69, 9.17) is 0 Å². The van der Waals surface area contributed by atoms with Crippen LogP contribution < -0.4 is 5.56 Å². The Morgan fingerprint density at radius 2 is 1.68 bits per heavy atom. The molecule has 0 atom stereocenters. The summed E-state index contributed by atoms with van der Waals surface area (Å²) in [6.45, 7) is 7.16. The molecule has 6 heteroatoms. The normalized spacial score (nSPS) is 18.6. The zero-order valence-corrected chi connectivity index (χ0v) is 15.2. The number of pyridine rings is 1. The van der Waals surface area contributed by atoms with Gasteiger partial charge in [0.15, 0.2) is 0 Å². The Hall–Kier alpha value is -2.11. The van der Waals surface area contributed by atoms with Crippen LogP contribution in [0.25, 0.3) is 0 Å². The molecule has 0 bridgehead atoms. The molecular weight excluding hydrogens is 318 g/mol. The molecule has 0 spiro atoms. The number of hydrogen-bond acceptors (Lipinski definition) is 3. The monoisotopic (exact) mass is 345 g/mol. The Bertz CT molecular complexity index is 711. The number of amides is 2. The van der Waals surface area contributed by atoms with Crippen LogP contribution in [-0.4, -0.2) is 52.4 Å². The molecule has 2 aliphatic heterocycles. The van der Waals surface area contributed by atoms with Crippen molar-refractivity contribution in [1.82, 2.24) is 14.4 Å². The molecule has 0 aromatic carbocycles. The molecule has 0 saturated carbocycles. The van der Waals surface area contributed by atoms with Crippen LogP contribution in [0.5, 0.6) is 0 Å². The zero-order valence-electron chi connectivity index (χ0n) is 15.2. The number of carbonyl (C=O) groups excluding carboxylic acids is 2. The van der Waals surface area contributed by atoms with Crippen molar-refractivity contribution in [3.05, 3.63) is 33.7 Å². The van der Waals surface area contributed by atoms with E-state index in [9.17, 15) is 14.4 Å². The summed E-state index contributed by atoms with van der Waals surface area (Å²) < 4.78 is 1.62. The van der Waals surface area contributed by atoms with E-state index in [-0.39, 0.29) is 28.9 Å². The van der Waals surface area contributed by atoms with Gasteiger partial charge in [0.1, 0.15) is 5.56 Å². The third kappa shape index (κ3) is 3.48. The number of nitrogens with zero attached hydrogens (tertiary/aromatic N) is 3. The fourth-order valence-electron chi connectivity index (χ4n) is 3.92. The summed E-state index contributed by atoms with van der Waals surface area (Å²) in [5, 5.41) is 0. The van der Waals surface area contributed by atoms with Crippen molar-refractivity contribution in [2.24, 2.45) is 5.92 Å². The lowest BCUT2D eigenvalue weighted by atomic mass is 9.95. The molecule has 1 aromatic rings. The Balaban J connectivity index is 1.66. The Labute approximate surface area is 148 Å². The van der Waals surface area contributed by atoms with E-state index in [0.717, 1.165) is 31.6 Å². The number of aryl methyl sites for hydroxylation is 1. The minimum absolute atomic E-state index is 0.0208. The molecule has 136 valence electrons. The van der Waals surface area contributed by atoms with Gasteiger partial charge >= 0.3 is 0 Å². The first-order chi connectivity index (χ1) is 12.0. The molecule has 2 saturated heterocycles. The zero-order chi connectivity index (χ0) is 18.0. The predicted octanol–water partition coefficient (Wildman–Crippen LogP) is 1.65. The maximum atomic E-state index is 12.8. The van der Waals surface area contributed by atoms with Crippen molar-refractivity contribution in [1.29, 1.82) is 0 Å². The van der Waals surface area contributed by atoms with E-state index in [1.54, 1.807) is 15.5 Å². The standard InChI is InChI=1S/C19H27N3O3/c1-3-22-14(2)6-7-16(19(22)25)18(24)21-12-8-15(9-13-21)17(23)20-10-4-5-11-20/h6-7,15H,3-5,8-13H2,1-2H3. The Morgan fingerprint density at radius 3 is 2.28 bits per heavy atom. The second kappa shape index (κ2) is 7.42. The van der Waals surface area contributed by atoms with E-state index in [0.29, 0.717) is 32.5 Å². The van der Waals surface area contributed by atoms with Gasteiger partial charge in [-0.3, -0.25) is 14.4 Å². The second-order valence-corrected chi connectivity index (χ2v) is 7.04. The minimum atomic E-state index is -0.220. The smallest absolute Gasteiger partial charge is 0.263 e. The van der Waals surface area contributed by atoms with Crippen molar-refractivity contribution in [2.45, 2.75) is 46.1 Å². The van der Waals surface area contributed by atoms with Gasteiger partial charge in [-0.05, 0) is 51.7 Å². The number of piperidine rings is 1. The number of likely N-dealkylation sites (tertiary alicyclic amines) is 2. The van der Waals surface area contributed by atoms with Gasteiger partial charge < -0.3 is 14.4 Å². The molecule has 2 fully saturated rings. The van der Waals surface area contributed by atoms with Crippen molar-refractivity contribution >= 4 is 11.8 Å². The number of rotatable bonds is 3. The second-order valence-electron chi connectivity index (χ2n) is 7.04. The van der Waals surface area contributed by atoms with E-state index >= 15 is 0 Å². The van der Waals surface area contributed by atoms with Crippen molar-refractivity contribution in [3.8, 4) is 0 Å². The molecule has 3 rings (SSSR count). The van der Waals surface area contributed by atoms with Crippen molar-refractivity contribution < 1.29 is 9.59 Å². The SMILES string of the molecule is CCn1c(C)ccc(C(=O)N2CCC(C(=O)N3CCCC3)CC2)c1=O. The van der Waals surface area contributed by atoms with Gasteiger partial charge in [-0.15, -0.1) is 0 Å². The highest BCUT2D eigenvalue weighted by Crippen LogP contribution is 2.22. The summed E-state index contributed by atoms with van der Waals surface area (Å²) in [6.07, 6.45) is 3.57. The first-order valence-corrected chi connectivity index (χ1v) is 9.31. The average Bonchev–Trinajstić information content (AvgIpc) is 3.16. The summed E-state index contributed by atoms with van der Waals surface area (Å²) in [7, 11) is 0. The first kappa shape index (κ1) is 17.7. The van der Waals surface area contributed by atoms with Gasteiger partial charge in [0.2, 0.25) is 5.91 Å². The van der Waals surface area contributed by atoms with Gasteiger partial charge in [0, 0.05) is 44.3 Å². The Kier molecular flexibility index (Phi) is 5.25. The lowest BCUT2D eigenvalue weighted by Crippen LogP contribution is -2.45. The summed E-state index contributed by atoms with van der Waals surface area (Å²) in [5.41, 5.74) is 0.874. The molecule has 3 heterocycles. The minimum Gasteiger partial charge on any atom is -0.342 e. The molecule has 0 radical (unpaired) electrons. The topological polar surface area (TPSA) is 62.6 Å². The van der Waals surface area contributed by atoms with E-state index in [2.05, 4.69) is 0 Å². The van der Waals surface area contributed by atoms with Gasteiger partial charge in [0.25, 0.3) is 11.5 Å². The van der Waals surface area contributed by atoms with Gasteiger partial charge in [-0.2, -0.15) is 0 Å². The third-order valence-electron chi connectivity index (χ3n) is 5.49. The largest absolute Gasteiger partial charge is 0.342 e. The van der Waals surface area contributed by atoms with E-state index in [1.165, 1.54) is 0 Å². The van der Waals surface area contributed by atoms with Crippen molar-refractivity contribution in [3.63, 3.8) is 0 Å². The molecule has 0 N–H and O–H groups in total. The fraction of sp³-hybridized carbons (Fsp3) is 0.632. The number of carbonyl (C=O) groups is 2. The Morgan fingerprint density at radius 1 is 1.04 bits per heavy atom. The van der Waals surface area contributed by atoms with E-state index in [1.807, 2.05) is 24.8 Å². The maximum absolute atomic E-state index is 12.8. The predicted molar refractivity (Wildman–Crippen MR) is 95.6 cm³/mol. The number of hydrogen-bond donors (Lipinski definition) is 0. The quantitative estimate of drug-likeness (QED) is 0.837. The van der Waals surface area contributed by atoms with Crippen molar-refractivity contribution in [2.75, 3.05) is 26.2 Å². The van der Waals surface area contributed by atoms with Crippen LogP contribution in [0, 0.1) is 12.8 Å². The molecule has 25 heavy (non-hydrogen) atoms. The van der Waals surface area contributed by atoms with Gasteiger partial charge in [0.05, 0.1) is 0 Å². The summed E-state index contributed by atoms with van der Waals surface area (Å²) in [4.78, 5) is 41.4. The fourth-order valence-corrected chi connectivity index (χ4v) is 3.92. The first-order valence-electron chi connectivity index (χ1n) is 9.31. The molecule has 2 amide bonds. The lowest BCUT2D eigenvalue weighted by Gasteiger charge is -2.33. The molecule has 6 nitrogen and oxygen atoms in total. The van der Waals surface area contributed by atoms with Crippen LogP contribution in [-0.2, 0) is 11.3 Å². The van der Waals surface area contributed by atoms with Crippen LogP contribution in [0.4, 0.5) is 0 Å². The molecule has 0 aliphatic carbocycles. The van der Waals surface area contributed by atoms with Gasteiger partial charge in [-0.1, -0.05) is 0 Å². The van der Waals surface area contributed by atoms with Crippen LogP contribution in [0.2, 0.25) is 0 Å². The molecule has 0 unspecified atom stereocenters. The summed E-state index contributed by atoms with van der Waals surface area (Å²) >= 11 is 0. The number of aromatic nitrogens is 1. The van der Waals surface area contributed by atoms with Crippen LogP contribution in [0.1, 0.15) is 48.7 Å². The summed E-state index contributed by atoms with van der Waals surface area (Å²) in [5.74, 6) is 0.0556. The highest BCUT2D eigenvalue weighted by atomic mass is 16.2. The highest BCUT2D eigenvalue weighted by molar-refractivity contribution is 5.94. The van der Waals surface area contributed by atoms with Gasteiger partial charge in [-0.25, -0.2) is 0 Å². The maximum Gasteiger partial charge on any atom is 0.263 e. The van der Waals surface area contributed by atoms with Crippen LogP contribution in [0.3, 0.4) is 0 Å². The summed E-state index contributed by atoms with van der Waals surface area (Å²) in [6, 6.07) is 3.45. The lowest BCUT2D eigenvalue weighted by molar-refractivity contribution is -0.135.